The highest BCUT2D eigenvalue weighted by molar-refractivity contribution is 7.99. The summed E-state index contributed by atoms with van der Waals surface area (Å²) in [6, 6.07) is 16.5. The van der Waals surface area contributed by atoms with Crippen molar-refractivity contribution in [1.82, 2.24) is 0 Å². The Morgan fingerprint density at radius 2 is 1.84 bits per heavy atom. The molecule has 0 radical (unpaired) electrons. The molecule has 0 amide bonds. The normalized spacial score (nSPS) is 11.0. The highest BCUT2D eigenvalue weighted by atomic mass is 32.2. The summed E-state index contributed by atoms with van der Waals surface area (Å²) < 4.78 is 0. The molecule has 94 valence electrons. The Bertz CT molecular complexity index is 762. The summed E-state index contributed by atoms with van der Waals surface area (Å²) >= 11 is 1.78. The topological polar surface area (TPSA) is 17.1 Å². The summed E-state index contributed by atoms with van der Waals surface area (Å²) in [5, 5.41) is 4.38. The van der Waals surface area contributed by atoms with Crippen LogP contribution >= 0.6 is 11.8 Å². The summed E-state index contributed by atoms with van der Waals surface area (Å²) in [6.45, 7) is 2.13. The number of benzene rings is 3. The molecule has 2 heteroatoms. The van der Waals surface area contributed by atoms with E-state index in [9.17, 15) is 4.79 Å². The fourth-order valence-electron chi connectivity index (χ4n) is 2.53. The summed E-state index contributed by atoms with van der Waals surface area (Å²) in [7, 11) is 0. The van der Waals surface area contributed by atoms with Gasteiger partial charge in [0.1, 0.15) is 0 Å². The minimum Gasteiger partial charge on any atom is -0.298 e. The van der Waals surface area contributed by atoms with Gasteiger partial charge >= 0.3 is 0 Å². The van der Waals surface area contributed by atoms with E-state index in [1.807, 2.05) is 18.2 Å². The molecule has 0 aliphatic rings. The van der Waals surface area contributed by atoms with E-state index >= 15 is 0 Å². The van der Waals surface area contributed by atoms with Gasteiger partial charge in [0.2, 0.25) is 0 Å². The lowest BCUT2D eigenvalue weighted by atomic mass is 9.97. The van der Waals surface area contributed by atoms with E-state index in [1.165, 1.54) is 4.90 Å². The van der Waals surface area contributed by atoms with E-state index in [1.54, 1.807) is 11.8 Å². The number of carbonyl (C=O) groups excluding carboxylic acids is 1. The third-order valence-electron chi connectivity index (χ3n) is 3.31. The molecule has 0 heterocycles. The fraction of sp³-hybridized carbons (Fsp3) is 0.118. The molecule has 1 nitrogen and oxygen atoms in total. The van der Waals surface area contributed by atoms with Crippen LogP contribution in [-0.4, -0.2) is 12.0 Å². The Morgan fingerprint density at radius 1 is 1.05 bits per heavy atom. The molecule has 0 aliphatic heterocycles. The van der Waals surface area contributed by atoms with Crippen LogP contribution in [0.2, 0.25) is 0 Å². The Labute approximate surface area is 116 Å². The first kappa shape index (κ1) is 12.2. The molecule has 0 unspecified atom stereocenters. The lowest BCUT2D eigenvalue weighted by Crippen LogP contribution is -1.89. The van der Waals surface area contributed by atoms with E-state index in [-0.39, 0.29) is 0 Å². The first-order chi connectivity index (χ1) is 9.35. The van der Waals surface area contributed by atoms with Crippen LogP contribution in [0.5, 0.6) is 0 Å². The van der Waals surface area contributed by atoms with Crippen molar-refractivity contribution in [2.24, 2.45) is 0 Å². The average Bonchev–Trinajstić information content (AvgIpc) is 2.45. The molecule has 0 aliphatic carbocycles. The zero-order valence-electron chi connectivity index (χ0n) is 10.7. The Hall–Kier alpha value is -1.80. The molecule has 0 atom stereocenters. The van der Waals surface area contributed by atoms with Crippen molar-refractivity contribution in [2.75, 3.05) is 5.75 Å². The van der Waals surface area contributed by atoms with Gasteiger partial charge in [-0.1, -0.05) is 43.3 Å². The average molecular weight is 266 g/mol. The van der Waals surface area contributed by atoms with Crippen LogP contribution in [0.4, 0.5) is 0 Å². The summed E-state index contributed by atoms with van der Waals surface area (Å²) in [4.78, 5) is 12.8. The number of carbonyl (C=O) groups is 1. The zero-order valence-corrected chi connectivity index (χ0v) is 11.5. The van der Waals surface area contributed by atoms with Crippen LogP contribution in [0.25, 0.3) is 21.5 Å². The first-order valence-corrected chi connectivity index (χ1v) is 7.36. The molecule has 0 fully saturated rings. The van der Waals surface area contributed by atoms with E-state index in [0.29, 0.717) is 0 Å². The van der Waals surface area contributed by atoms with Crippen molar-refractivity contribution in [3.63, 3.8) is 0 Å². The van der Waals surface area contributed by atoms with Gasteiger partial charge in [-0.15, -0.1) is 11.8 Å². The zero-order chi connectivity index (χ0) is 13.2. The molecule has 0 spiro atoms. The summed E-state index contributed by atoms with van der Waals surface area (Å²) in [5.74, 6) is 1.00. The largest absolute Gasteiger partial charge is 0.298 e. The summed E-state index contributed by atoms with van der Waals surface area (Å²) in [6.07, 6.45) is 0.990. The molecule has 0 N–H and O–H groups in total. The van der Waals surface area contributed by atoms with Gasteiger partial charge in [-0.2, -0.15) is 0 Å². The maximum Gasteiger partial charge on any atom is 0.151 e. The van der Waals surface area contributed by atoms with Crippen LogP contribution in [0, 0.1) is 0 Å². The van der Waals surface area contributed by atoms with Gasteiger partial charge in [0, 0.05) is 15.8 Å². The van der Waals surface area contributed by atoms with Gasteiger partial charge in [-0.3, -0.25) is 4.79 Å². The molecule has 0 aromatic heterocycles. The third kappa shape index (κ3) is 2.02. The Balaban J connectivity index is 2.49. The monoisotopic (exact) mass is 266 g/mol. The van der Waals surface area contributed by atoms with Gasteiger partial charge in [-0.05, 0) is 34.0 Å². The predicted octanol–water partition coefficient (Wildman–Crippen LogP) is 4.92. The maximum atomic E-state index is 11.6. The van der Waals surface area contributed by atoms with Gasteiger partial charge < -0.3 is 0 Å². The Kier molecular flexibility index (Phi) is 3.26. The first-order valence-electron chi connectivity index (χ1n) is 6.37. The molecule has 19 heavy (non-hydrogen) atoms. The SMILES string of the molecule is CCSc1cccc2cc3ccccc3c(C=O)c12. The van der Waals surface area contributed by atoms with Crippen molar-refractivity contribution in [3.05, 3.63) is 54.1 Å². The van der Waals surface area contributed by atoms with Crippen LogP contribution in [0.1, 0.15) is 17.3 Å². The highest BCUT2D eigenvalue weighted by Gasteiger charge is 2.10. The smallest absolute Gasteiger partial charge is 0.151 e. The number of rotatable bonds is 3. The molecular weight excluding hydrogens is 252 g/mol. The van der Waals surface area contributed by atoms with Crippen LogP contribution in [0.3, 0.4) is 0 Å². The second kappa shape index (κ2) is 5.06. The molecule has 3 aromatic carbocycles. The number of hydrogen-bond donors (Lipinski definition) is 0. The number of thioether (sulfide) groups is 1. The van der Waals surface area contributed by atoms with Crippen molar-refractivity contribution < 1.29 is 4.79 Å². The molecular formula is C17H14OS. The summed E-state index contributed by atoms with van der Waals surface area (Å²) in [5.41, 5.74) is 0.810. The van der Waals surface area contributed by atoms with Crippen LogP contribution in [0.15, 0.2) is 53.4 Å². The minimum absolute atomic E-state index is 0.810. The number of hydrogen-bond acceptors (Lipinski definition) is 2. The molecule has 0 bridgehead atoms. The van der Waals surface area contributed by atoms with Crippen LogP contribution < -0.4 is 0 Å². The van der Waals surface area contributed by atoms with Crippen molar-refractivity contribution in [3.8, 4) is 0 Å². The number of aldehydes is 1. The Morgan fingerprint density at radius 3 is 2.63 bits per heavy atom. The number of fused-ring (bicyclic) bond motifs is 2. The van der Waals surface area contributed by atoms with E-state index < -0.39 is 0 Å². The molecule has 3 rings (SSSR count). The van der Waals surface area contributed by atoms with Crippen LogP contribution in [-0.2, 0) is 0 Å². The van der Waals surface area contributed by atoms with Crippen molar-refractivity contribution >= 4 is 39.6 Å². The van der Waals surface area contributed by atoms with Crippen molar-refractivity contribution in [1.29, 1.82) is 0 Å². The molecule has 0 saturated heterocycles. The van der Waals surface area contributed by atoms with E-state index in [2.05, 4.69) is 37.3 Å². The molecule has 3 aromatic rings. The predicted molar refractivity (Wildman–Crippen MR) is 83.2 cm³/mol. The van der Waals surface area contributed by atoms with Gasteiger partial charge in [0.15, 0.2) is 6.29 Å². The van der Waals surface area contributed by atoms with Gasteiger partial charge in [0.25, 0.3) is 0 Å². The van der Waals surface area contributed by atoms with Crippen molar-refractivity contribution in [2.45, 2.75) is 11.8 Å². The standard InChI is InChI=1S/C17H14OS/c1-2-19-16-9-5-7-13-10-12-6-3-4-8-14(12)15(11-18)17(13)16/h3-11H,2H2,1H3. The second-order valence-electron chi connectivity index (χ2n) is 4.42. The lowest BCUT2D eigenvalue weighted by Gasteiger charge is -2.10. The molecule has 0 saturated carbocycles. The minimum atomic E-state index is 0.810. The van der Waals surface area contributed by atoms with E-state index in [0.717, 1.165) is 39.1 Å². The second-order valence-corrected chi connectivity index (χ2v) is 5.72. The lowest BCUT2D eigenvalue weighted by molar-refractivity contribution is 0.112. The highest BCUT2D eigenvalue weighted by Crippen LogP contribution is 2.34. The van der Waals surface area contributed by atoms with E-state index in [4.69, 9.17) is 0 Å². The quantitative estimate of drug-likeness (QED) is 0.380. The van der Waals surface area contributed by atoms with Gasteiger partial charge in [0.05, 0.1) is 0 Å². The third-order valence-corrected chi connectivity index (χ3v) is 4.25. The maximum absolute atomic E-state index is 11.6. The fourth-order valence-corrected chi connectivity index (χ4v) is 3.38. The van der Waals surface area contributed by atoms with Gasteiger partial charge in [-0.25, -0.2) is 0 Å².